The lowest BCUT2D eigenvalue weighted by Gasteiger charge is -2.56. The van der Waals surface area contributed by atoms with Crippen molar-refractivity contribution in [3.05, 3.63) is 33.9 Å². The summed E-state index contributed by atoms with van der Waals surface area (Å²) in [6.45, 7) is 6.79. The van der Waals surface area contributed by atoms with Gasteiger partial charge in [0.1, 0.15) is 0 Å². The molecule has 1 saturated heterocycles. The standard InChI is InChI=1S/C18H27N3O6/c1-17(2,3)18(12-27-4)11-19(7-8-20(18)16(23)24)15-6-5-14(21(25)26)9-13(15)10-22/h5-6,9,22H,7-8,10-12H2,1-4H3,(H,23,24)/t18-/m1/s1. The lowest BCUT2D eigenvalue weighted by molar-refractivity contribution is -0.384. The molecule has 9 nitrogen and oxygen atoms in total. The highest BCUT2D eigenvalue weighted by Crippen LogP contribution is 2.41. The molecule has 1 atom stereocenters. The second-order valence-corrected chi connectivity index (χ2v) is 7.80. The van der Waals surface area contributed by atoms with Crippen LogP contribution < -0.4 is 4.90 Å². The molecular formula is C18H27N3O6. The molecule has 1 amide bonds. The third-order valence-corrected chi connectivity index (χ3v) is 5.36. The van der Waals surface area contributed by atoms with Crippen LogP contribution in [0.25, 0.3) is 0 Å². The normalized spacial score (nSPS) is 20.6. The average molecular weight is 381 g/mol. The van der Waals surface area contributed by atoms with Gasteiger partial charge in [0, 0.05) is 50.1 Å². The molecule has 1 aromatic rings. The number of hydrogen-bond donors (Lipinski definition) is 2. The molecule has 1 heterocycles. The molecule has 2 rings (SSSR count). The number of aliphatic hydroxyl groups is 1. The summed E-state index contributed by atoms with van der Waals surface area (Å²) in [6.07, 6.45) is -1.01. The first kappa shape index (κ1) is 20.9. The molecule has 0 bridgehead atoms. The van der Waals surface area contributed by atoms with Crippen LogP contribution in [0.1, 0.15) is 26.3 Å². The Morgan fingerprint density at radius 1 is 1.37 bits per heavy atom. The van der Waals surface area contributed by atoms with Crippen molar-refractivity contribution in [1.29, 1.82) is 0 Å². The van der Waals surface area contributed by atoms with E-state index < -0.39 is 22.0 Å². The topological polar surface area (TPSA) is 116 Å². The van der Waals surface area contributed by atoms with Crippen LogP contribution in [0.15, 0.2) is 18.2 Å². The number of piperazine rings is 1. The van der Waals surface area contributed by atoms with E-state index >= 15 is 0 Å². The van der Waals surface area contributed by atoms with Crippen molar-refractivity contribution in [1.82, 2.24) is 4.90 Å². The molecule has 0 saturated carbocycles. The van der Waals surface area contributed by atoms with E-state index in [9.17, 15) is 25.1 Å². The predicted molar refractivity (Wildman–Crippen MR) is 100 cm³/mol. The first-order chi connectivity index (χ1) is 12.6. The van der Waals surface area contributed by atoms with Crippen LogP contribution in [0.3, 0.4) is 0 Å². The van der Waals surface area contributed by atoms with E-state index in [-0.39, 0.29) is 25.4 Å². The molecule has 1 aromatic carbocycles. The van der Waals surface area contributed by atoms with Crippen molar-refractivity contribution in [2.45, 2.75) is 32.9 Å². The number of aliphatic hydroxyl groups excluding tert-OH is 1. The van der Waals surface area contributed by atoms with Gasteiger partial charge >= 0.3 is 6.09 Å². The minimum atomic E-state index is -1.01. The van der Waals surface area contributed by atoms with Gasteiger partial charge in [-0.25, -0.2) is 4.79 Å². The Labute approximate surface area is 158 Å². The predicted octanol–water partition coefficient (Wildman–Crippen LogP) is 2.32. The smallest absolute Gasteiger partial charge is 0.407 e. The van der Waals surface area contributed by atoms with E-state index in [1.54, 1.807) is 6.07 Å². The van der Waals surface area contributed by atoms with Gasteiger partial charge in [-0.3, -0.25) is 15.0 Å². The lowest BCUT2D eigenvalue weighted by atomic mass is 9.71. The fraction of sp³-hybridized carbons (Fsp3) is 0.611. The minimum absolute atomic E-state index is 0.0917. The van der Waals surface area contributed by atoms with Crippen molar-refractivity contribution in [3.63, 3.8) is 0 Å². The number of non-ortho nitro benzene ring substituents is 1. The van der Waals surface area contributed by atoms with Gasteiger partial charge in [-0.05, 0) is 11.5 Å². The summed E-state index contributed by atoms with van der Waals surface area (Å²) in [7, 11) is 1.54. The summed E-state index contributed by atoms with van der Waals surface area (Å²) >= 11 is 0. The molecule has 0 spiro atoms. The van der Waals surface area contributed by atoms with E-state index in [1.165, 1.54) is 24.1 Å². The molecule has 150 valence electrons. The van der Waals surface area contributed by atoms with Crippen molar-refractivity contribution in [2.24, 2.45) is 5.41 Å². The summed E-state index contributed by atoms with van der Waals surface area (Å²) in [6, 6.07) is 4.36. The van der Waals surface area contributed by atoms with Crippen molar-refractivity contribution >= 4 is 17.5 Å². The Kier molecular flexibility index (Phi) is 5.96. The van der Waals surface area contributed by atoms with E-state index in [4.69, 9.17) is 4.74 Å². The monoisotopic (exact) mass is 381 g/mol. The Hall–Kier alpha value is -2.39. The lowest BCUT2D eigenvalue weighted by Crippen LogP contribution is -2.71. The Morgan fingerprint density at radius 3 is 2.52 bits per heavy atom. The van der Waals surface area contributed by atoms with Gasteiger partial charge < -0.3 is 19.8 Å². The SMILES string of the molecule is COC[C@@]1(C(C)(C)C)CN(c2ccc([N+](=O)[O-])cc2CO)CCN1C(=O)O. The maximum absolute atomic E-state index is 11.9. The number of carboxylic acid groups (broad SMARTS) is 1. The van der Waals surface area contributed by atoms with Crippen molar-refractivity contribution < 1.29 is 24.7 Å². The molecular weight excluding hydrogens is 354 g/mol. The second-order valence-electron chi connectivity index (χ2n) is 7.80. The van der Waals surface area contributed by atoms with E-state index in [1.807, 2.05) is 25.7 Å². The molecule has 2 N–H and O–H groups in total. The summed E-state index contributed by atoms with van der Waals surface area (Å²) in [4.78, 5) is 25.8. The zero-order valence-corrected chi connectivity index (χ0v) is 16.1. The van der Waals surface area contributed by atoms with Crippen LogP contribution in [0.2, 0.25) is 0 Å². The Morgan fingerprint density at radius 2 is 2.04 bits per heavy atom. The van der Waals surface area contributed by atoms with Gasteiger partial charge in [0.15, 0.2) is 0 Å². The number of nitro benzene ring substituents is 1. The highest BCUT2D eigenvalue weighted by Gasteiger charge is 2.52. The first-order valence-corrected chi connectivity index (χ1v) is 8.70. The van der Waals surface area contributed by atoms with Crippen LogP contribution in [0, 0.1) is 15.5 Å². The zero-order valence-electron chi connectivity index (χ0n) is 16.1. The first-order valence-electron chi connectivity index (χ1n) is 8.70. The third-order valence-electron chi connectivity index (χ3n) is 5.36. The van der Waals surface area contributed by atoms with Crippen LogP contribution in [-0.4, -0.2) is 65.0 Å². The van der Waals surface area contributed by atoms with Crippen LogP contribution >= 0.6 is 0 Å². The fourth-order valence-corrected chi connectivity index (χ4v) is 3.74. The number of nitrogens with zero attached hydrogens (tertiary/aromatic N) is 3. The number of anilines is 1. The van der Waals surface area contributed by atoms with Gasteiger partial charge in [-0.1, -0.05) is 20.8 Å². The highest BCUT2D eigenvalue weighted by atomic mass is 16.6. The average Bonchev–Trinajstić information content (AvgIpc) is 2.60. The Bertz CT molecular complexity index is 718. The van der Waals surface area contributed by atoms with E-state index in [0.717, 1.165) is 0 Å². The van der Waals surface area contributed by atoms with Crippen LogP contribution in [0.4, 0.5) is 16.2 Å². The molecule has 9 heteroatoms. The minimum Gasteiger partial charge on any atom is -0.465 e. The number of carbonyl (C=O) groups is 1. The largest absolute Gasteiger partial charge is 0.465 e. The quantitative estimate of drug-likeness (QED) is 0.594. The number of rotatable bonds is 5. The van der Waals surface area contributed by atoms with Gasteiger partial charge in [0.05, 0.1) is 23.7 Å². The number of methoxy groups -OCH3 is 1. The number of amides is 1. The van der Waals surface area contributed by atoms with Crippen LogP contribution in [-0.2, 0) is 11.3 Å². The Balaban J connectivity index is 2.50. The van der Waals surface area contributed by atoms with Gasteiger partial charge in [-0.2, -0.15) is 0 Å². The summed E-state index contributed by atoms with van der Waals surface area (Å²) in [5, 5.41) is 30.5. The van der Waals surface area contributed by atoms with Gasteiger partial charge in [0.2, 0.25) is 0 Å². The van der Waals surface area contributed by atoms with E-state index in [2.05, 4.69) is 0 Å². The van der Waals surface area contributed by atoms with Crippen molar-refractivity contribution in [3.8, 4) is 0 Å². The summed E-state index contributed by atoms with van der Waals surface area (Å²) in [5.74, 6) is 0. The summed E-state index contributed by atoms with van der Waals surface area (Å²) < 4.78 is 5.41. The molecule has 27 heavy (non-hydrogen) atoms. The van der Waals surface area contributed by atoms with Crippen LogP contribution in [0.5, 0.6) is 0 Å². The molecule has 1 aliphatic heterocycles. The molecule has 1 fully saturated rings. The number of benzene rings is 1. The number of hydrogen-bond acceptors (Lipinski definition) is 6. The number of nitro groups is 1. The second kappa shape index (κ2) is 7.69. The molecule has 0 aliphatic carbocycles. The summed E-state index contributed by atoms with van der Waals surface area (Å²) in [5.41, 5.74) is -0.238. The molecule has 0 aromatic heterocycles. The molecule has 0 unspecified atom stereocenters. The fourth-order valence-electron chi connectivity index (χ4n) is 3.74. The zero-order chi connectivity index (χ0) is 20.4. The van der Waals surface area contributed by atoms with Crippen molar-refractivity contribution in [2.75, 3.05) is 38.3 Å². The molecule has 1 aliphatic rings. The maximum Gasteiger partial charge on any atom is 0.407 e. The van der Waals surface area contributed by atoms with E-state index in [0.29, 0.717) is 24.3 Å². The molecule has 0 radical (unpaired) electrons. The van der Waals surface area contributed by atoms with Gasteiger partial charge in [-0.15, -0.1) is 0 Å². The third kappa shape index (κ3) is 3.84. The van der Waals surface area contributed by atoms with Gasteiger partial charge in [0.25, 0.3) is 5.69 Å². The highest BCUT2D eigenvalue weighted by molar-refractivity contribution is 5.68. The number of ether oxygens (including phenoxy) is 1. The maximum atomic E-state index is 11.9.